The molecule has 4 atom stereocenters. The molecule has 0 bridgehead atoms. The molecular weight excluding hydrogens is 360 g/mol. The molecular formula is C25H20N2O2. The summed E-state index contributed by atoms with van der Waals surface area (Å²) in [5, 5.41) is 0. The molecule has 1 aromatic heterocycles. The number of carbonyl (C=O) groups is 2. The number of hydrogen-bond acceptors (Lipinski definition) is 3. The molecule has 2 aromatic carbocycles. The third kappa shape index (κ3) is 2.88. The number of anilines is 1. The van der Waals surface area contributed by atoms with Gasteiger partial charge in [-0.3, -0.25) is 14.6 Å². The van der Waals surface area contributed by atoms with Gasteiger partial charge in [-0.2, -0.15) is 0 Å². The van der Waals surface area contributed by atoms with E-state index in [4.69, 9.17) is 0 Å². The van der Waals surface area contributed by atoms with Crippen LogP contribution in [0.5, 0.6) is 0 Å². The van der Waals surface area contributed by atoms with Crippen LogP contribution in [0.1, 0.15) is 23.0 Å². The zero-order valence-corrected chi connectivity index (χ0v) is 15.8. The largest absolute Gasteiger partial charge is 0.274 e. The minimum atomic E-state index is -0.430. The number of carbonyl (C=O) groups excluding carboxylic acids is 2. The Morgan fingerprint density at radius 2 is 1.17 bits per heavy atom. The van der Waals surface area contributed by atoms with Crippen LogP contribution in [-0.4, -0.2) is 16.8 Å². The molecule has 5 rings (SSSR count). The van der Waals surface area contributed by atoms with Crippen LogP contribution in [0, 0.1) is 11.8 Å². The zero-order valence-electron chi connectivity index (χ0n) is 15.8. The molecule has 29 heavy (non-hydrogen) atoms. The van der Waals surface area contributed by atoms with E-state index in [-0.39, 0.29) is 23.7 Å². The number of amides is 2. The Bertz CT molecular complexity index is 996. The van der Waals surface area contributed by atoms with Crippen molar-refractivity contribution in [3.63, 3.8) is 0 Å². The van der Waals surface area contributed by atoms with E-state index in [0.717, 1.165) is 11.1 Å². The van der Waals surface area contributed by atoms with Crippen LogP contribution in [0.15, 0.2) is 97.3 Å². The van der Waals surface area contributed by atoms with E-state index < -0.39 is 11.8 Å². The maximum Gasteiger partial charge on any atom is 0.238 e. The zero-order chi connectivity index (χ0) is 19.8. The Hall–Kier alpha value is -3.53. The maximum atomic E-state index is 13.6. The van der Waals surface area contributed by atoms with Gasteiger partial charge in [0.05, 0.1) is 23.7 Å². The molecule has 0 unspecified atom stereocenters. The van der Waals surface area contributed by atoms with Gasteiger partial charge >= 0.3 is 0 Å². The highest BCUT2D eigenvalue weighted by Gasteiger charge is 2.55. The van der Waals surface area contributed by atoms with E-state index in [9.17, 15) is 9.59 Å². The second-order valence-corrected chi connectivity index (χ2v) is 7.53. The van der Waals surface area contributed by atoms with Crippen molar-refractivity contribution >= 4 is 17.5 Å². The first kappa shape index (κ1) is 17.6. The van der Waals surface area contributed by atoms with Crippen molar-refractivity contribution in [1.82, 2.24) is 4.98 Å². The summed E-state index contributed by atoms with van der Waals surface area (Å²) in [4.78, 5) is 32.6. The van der Waals surface area contributed by atoms with E-state index in [1.165, 1.54) is 4.90 Å². The summed E-state index contributed by atoms with van der Waals surface area (Å²) in [6.07, 6.45) is 7.43. The van der Waals surface area contributed by atoms with Crippen LogP contribution in [0.3, 0.4) is 0 Å². The Labute approximate surface area is 169 Å². The van der Waals surface area contributed by atoms with E-state index in [0.29, 0.717) is 5.69 Å². The molecule has 142 valence electrons. The number of hydrogen-bond donors (Lipinski definition) is 0. The van der Waals surface area contributed by atoms with Gasteiger partial charge in [0, 0.05) is 18.0 Å². The summed E-state index contributed by atoms with van der Waals surface area (Å²) < 4.78 is 0. The summed E-state index contributed by atoms with van der Waals surface area (Å²) in [6.45, 7) is 0. The Morgan fingerprint density at radius 3 is 1.62 bits per heavy atom. The van der Waals surface area contributed by atoms with E-state index in [1.807, 2.05) is 60.7 Å². The van der Waals surface area contributed by atoms with Crippen LogP contribution in [0.2, 0.25) is 0 Å². The monoisotopic (exact) mass is 380 g/mol. The molecule has 1 aliphatic carbocycles. The Balaban J connectivity index is 1.64. The van der Waals surface area contributed by atoms with Gasteiger partial charge in [0.1, 0.15) is 0 Å². The maximum absolute atomic E-state index is 13.6. The molecule has 2 aliphatic rings. The van der Waals surface area contributed by atoms with Crippen LogP contribution < -0.4 is 4.90 Å². The highest BCUT2D eigenvalue weighted by molar-refractivity contribution is 6.22. The SMILES string of the molecule is O=C1[C@@H]2[C@H](C(=O)N1c1cccnc1)[C@@H](c1ccccc1)C=C[C@@H]2c1ccccc1. The highest BCUT2D eigenvalue weighted by Crippen LogP contribution is 2.49. The van der Waals surface area contributed by atoms with Crippen molar-refractivity contribution in [3.05, 3.63) is 108 Å². The predicted molar refractivity (Wildman–Crippen MR) is 111 cm³/mol. The van der Waals surface area contributed by atoms with Crippen molar-refractivity contribution in [2.24, 2.45) is 11.8 Å². The van der Waals surface area contributed by atoms with Gasteiger partial charge in [0.25, 0.3) is 0 Å². The Morgan fingerprint density at radius 1 is 0.655 bits per heavy atom. The minimum Gasteiger partial charge on any atom is -0.274 e. The fraction of sp³-hybridized carbons (Fsp3) is 0.160. The lowest BCUT2D eigenvalue weighted by atomic mass is 9.68. The Kier molecular flexibility index (Phi) is 4.32. The van der Waals surface area contributed by atoms with E-state index in [2.05, 4.69) is 17.1 Å². The number of fused-ring (bicyclic) bond motifs is 1. The van der Waals surface area contributed by atoms with Gasteiger partial charge in [-0.25, -0.2) is 4.90 Å². The average Bonchev–Trinajstić information content (AvgIpc) is 3.06. The molecule has 4 nitrogen and oxygen atoms in total. The highest BCUT2D eigenvalue weighted by atomic mass is 16.2. The van der Waals surface area contributed by atoms with Crippen LogP contribution in [0.25, 0.3) is 0 Å². The first-order chi connectivity index (χ1) is 14.3. The molecule has 0 spiro atoms. The van der Waals surface area contributed by atoms with Crippen LogP contribution in [0.4, 0.5) is 5.69 Å². The molecule has 4 heteroatoms. The quantitative estimate of drug-likeness (QED) is 0.502. The molecule has 0 N–H and O–H groups in total. The van der Waals surface area contributed by atoms with Crippen molar-refractivity contribution in [2.45, 2.75) is 11.8 Å². The standard InChI is InChI=1S/C25H20N2O2/c28-24-22-20(17-8-3-1-4-9-17)13-14-21(18-10-5-2-6-11-18)23(22)25(29)27(24)19-12-7-15-26-16-19/h1-16,20-23H/t20-,21-,22-,23+/m1/s1. The number of aromatic nitrogens is 1. The lowest BCUT2D eigenvalue weighted by molar-refractivity contribution is -0.122. The smallest absolute Gasteiger partial charge is 0.238 e. The minimum absolute atomic E-state index is 0.126. The topological polar surface area (TPSA) is 50.3 Å². The van der Waals surface area contributed by atoms with Crippen LogP contribution >= 0.6 is 0 Å². The summed E-state index contributed by atoms with van der Waals surface area (Å²) in [6, 6.07) is 23.4. The lowest BCUT2D eigenvalue weighted by Crippen LogP contribution is -2.31. The van der Waals surface area contributed by atoms with E-state index >= 15 is 0 Å². The molecule has 1 aliphatic heterocycles. The van der Waals surface area contributed by atoms with Gasteiger partial charge < -0.3 is 0 Å². The fourth-order valence-corrected chi connectivity index (χ4v) is 4.67. The van der Waals surface area contributed by atoms with Crippen molar-refractivity contribution in [1.29, 1.82) is 0 Å². The second-order valence-electron chi connectivity index (χ2n) is 7.53. The number of imide groups is 1. The van der Waals surface area contributed by atoms with Gasteiger partial charge in [-0.1, -0.05) is 72.8 Å². The predicted octanol–water partition coefficient (Wildman–Crippen LogP) is 4.32. The number of benzene rings is 2. The third-order valence-corrected chi connectivity index (χ3v) is 5.97. The van der Waals surface area contributed by atoms with Gasteiger partial charge in [-0.15, -0.1) is 0 Å². The fourth-order valence-electron chi connectivity index (χ4n) is 4.67. The summed E-state index contributed by atoms with van der Waals surface area (Å²) >= 11 is 0. The molecule has 2 amide bonds. The molecule has 0 saturated carbocycles. The van der Waals surface area contributed by atoms with Crippen molar-refractivity contribution < 1.29 is 9.59 Å². The molecule has 1 saturated heterocycles. The van der Waals surface area contributed by atoms with Gasteiger partial charge in [-0.05, 0) is 23.3 Å². The van der Waals surface area contributed by atoms with Crippen molar-refractivity contribution in [2.75, 3.05) is 4.90 Å². The summed E-state index contributed by atoms with van der Waals surface area (Å²) in [7, 11) is 0. The number of nitrogens with zero attached hydrogens (tertiary/aromatic N) is 2. The number of rotatable bonds is 3. The van der Waals surface area contributed by atoms with Gasteiger partial charge in [0.2, 0.25) is 11.8 Å². The number of pyridine rings is 1. The number of allylic oxidation sites excluding steroid dienone is 2. The normalized spacial score (nSPS) is 25.9. The average molecular weight is 380 g/mol. The van der Waals surface area contributed by atoms with Crippen LogP contribution in [-0.2, 0) is 9.59 Å². The third-order valence-electron chi connectivity index (χ3n) is 5.97. The first-order valence-electron chi connectivity index (χ1n) is 9.82. The summed E-state index contributed by atoms with van der Waals surface area (Å²) in [5.41, 5.74) is 2.65. The first-order valence-corrected chi connectivity index (χ1v) is 9.82. The lowest BCUT2D eigenvalue weighted by Gasteiger charge is -2.32. The summed E-state index contributed by atoms with van der Waals surface area (Å²) in [5.74, 6) is -1.40. The molecule has 2 heterocycles. The molecule has 3 aromatic rings. The van der Waals surface area contributed by atoms with Crippen molar-refractivity contribution in [3.8, 4) is 0 Å². The molecule has 1 fully saturated rings. The van der Waals surface area contributed by atoms with Gasteiger partial charge in [0.15, 0.2) is 0 Å². The van der Waals surface area contributed by atoms with E-state index in [1.54, 1.807) is 24.5 Å². The second kappa shape index (κ2) is 7.13. The molecule has 0 radical (unpaired) electrons.